The summed E-state index contributed by atoms with van der Waals surface area (Å²) in [7, 11) is -2.99. The maximum absolute atomic E-state index is 11.5. The summed E-state index contributed by atoms with van der Waals surface area (Å²) in [5.41, 5.74) is 5.72. The van der Waals surface area contributed by atoms with Crippen LogP contribution in [0.5, 0.6) is 0 Å². The van der Waals surface area contributed by atoms with Crippen LogP contribution in [0.3, 0.4) is 0 Å². The smallest absolute Gasteiger partial charge is 0.213 e. The molecular formula is C8H19ClN2O2S. The van der Waals surface area contributed by atoms with Gasteiger partial charge in [0.2, 0.25) is 10.0 Å². The largest absolute Gasteiger partial charge is 0.328 e. The van der Waals surface area contributed by atoms with Gasteiger partial charge in [-0.25, -0.2) is 12.7 Å². The molecule has 0 radical (unpaired) electrons. The fourth-order valence-electron chi connectivity index (χ4n) is 1.62. The third kappa shape index (κ3) is 3.08. The molecule has 2 atom stereocenters. The minimum atomic E-state index is -2.99. The normalized spacial score (nSPS) is 25.8. The van der Waals surface area contributed by atoms with Gasteiger partial charge in [0.25, 0.3) is 0 Å². The Morgan fingerprint density at radius 1 is 1.57 bits per heavy atom. The lowest BCUT2D eigenvalue weighted by atomic mass is 10.0. The zero-order chi connectivity index (χ0) is 10.1. The minimum Gasteiger partial charge on any atom is -0.328 e. The highest BCUT2D eigenvalue weighted by Gasteiger charge is 2.31. The lowest BCUT2D eigenvalue weighted by Crippen LogP contribution is -2.33. The van der Waals surface area contributed by atoms with E-state index in [1.165, 1.54) is 0 Å². The first-order valence-corrected chi connectivity index (χ1v) is 6.31. The molecule has 14 heavy (non-hydrogen) atoms. The molecule has 1 aliphatic heterocycles. The second-order valence-corrected chi connectivity index (χ2v) is 5.92. The summed E-state index contributed by atoms with van der Waals surface area (Å²) in [6, 6.07) is 0.0945. The van der Waals surface area contributed by atoms with Crippen LogP contribution in [0.4, 0.5) is 0 Å². The van der Waals surface area contributed by atoms with Gasteiger partial charge in [-0.05, 0) is 26.2 Å². The standard InChI is InChI=1S/C8H18N2O2S.ClH/c1-3-13(11,12)10-5-4-8(6-10)7(2)9;/h7-8H,3-6,9H2,1-2H3;1H. The van der Waals surface area contributed by atoms with Crippen LogP contribution in [0.25, 0.3) is 0 Å². The number of nitrogens with two attached hydrogens (primary N) is 1. The van der Waals surface area contributed by atoms with Gasteiger partial charge in [0, 0.05) is 19.1 Å². The molecule has 0 aliphatic carbocycles. The van der Waals surface area contributed by atoms with E-state index >= 15 is 0 Å². The fourth-order valence-corrected chi connectivity index (χ4v) is 2.79. The monoisotopic (exact) mass is 242 g/mol. The van der Waals surface area contributed by atoms with E-state index in [0.717, 1.165) is 6.42 Å². The van der Waals surface area contributed by atoms with Gasteiger partial charge in [-0.15, -0.1) is 12.4 Å². The lowest BCUT2D eigenvalue weighted by molar-refractivity contribution is 0.429. The predicted octanol–water partition coefficient (Wildman–Crippen LogP) is 0.427. The van der Waals surface area contributed by atoms with E-state index in [9.17, 15) is 8.42 Å². The van der Waals surface area contributed by atoms with Gasteiger partial charge in [0.1, 0.15) is 0 Å². The molecule has 0 spiro atoms. The number of sulfonamides is 1. The Hall–Kier alpha value is 0.160. The van der Waals surface area contributed by atoms with Crippen LogP contribution in [0, 0.1) is 5.92 Å². The van der Waals surface area contributed by atoms with Gasteiger partial charge >= 0.3 is 0 Å². The van der Waals surface area contributed by atoms with Crippen molar-refractivity contribution in [3.63, 3.8) is 0 Å². The highest BCUT2D eigenvalue weighted by molar-refractivity contribution is 7.89. The Labute approximate surface area is 92.3 Å². The number of hydrogen-bond acceptors (Lipinski definition) is 3. The van der Waals surface area contributed by atoms with Crippen molar-refractivity contribution in [2.45, 2.75) is 26.3 Å². The molecule has 4 nitrogen and oxygen atoms in total. The maximum Gasteiger partial charge on any atom is 0.213 e. The van der Waals surface area contributed by atoms with Crippen LogP contribution in [0.15, 0.2) is 0 Å². The Morgan fingerprint density at radius 2 is 2.14 bits per heavy atom. The van der Waals surface area contributed by atoms with Gasteiger partial charge < -0.3 is 5.73 Å². The minimum absolute atomic E-state index is 0. The molecule has 0 amide bonds. The molecule has 0 saturated carbocycles. The Morgan fingerprint density at radius 3 is 2.50 bits per heavy atom. The quantitative estimate of drug-likeness (QED) is 0.781. The first-order valence-electron chi connectivity index (χ1n) is 4.70. The zero-order valence-electron chi connectivity index (χ0n) is 8.64. The highest BCUT2D eigenvalue weighted by atomic mass is 35.5. The van der Waals surface area contributed by atoms with Crippen molar-refractivity contribution in [3.05, 3.63) is 0 Å². The summed E-state index contributed by atoms with van der Waals surface area (Å²) in [6.45, 7) is 4.86. The lowest BCUT2D eigenvalue weighted by Gasteiger charge is -2.16. The molecule has 0 aromatic heterocycles. The molecule has 1 saturated heterocycles. The number of hydrogen-bond donors (Lipinski definition) is 1. The van der Waals surface area contributed by atoms with Crippen LogP contribution in [0.2, 0.25) is 0 Å². The van der Waals surface area contributed by atoms with Crippen molar-refractivity contribution in [1.82, 2.24) is 4.31 Å². The van der Waals surface area contributed by atoms with E-state index < -0.39 is 10.0 Å². The SMILES string of the molecule is CCS(=O)(=O)N1CCC(C(C)N)C1.Cl. The summed E-state index contributed by atoms with van der Waals surface area (Å²) < 4.78 is 24.5. The topological polar surface area (TPSA) is 63.4 Å². The van der Waals surface area contributed by atoms with Crippen molar-refractivity contribution in [2.24, 2.45) is 11.7 Å². The van der Waals surface area contributed by atoms with Gasteiger partial charge in [-0.1, -0.05) is 0 Å². The van der Waals surface area contributed by atoms with Crippen molar-refractivity contribution in [2.75, 3.05) is 18.8 Å². The number of rotatable bonds is 3. The summed E-state index contributed by atoms with van der Waals surface area (Å²) in [4.78, 5) is 0. The third-order valence-electron chi connectivity index (χ3n) is 2.69. The van der Waals surface area contributed by atoms with E-state index in [1.54, 1.807) is 11.2 Å². The van der Waals surface area contributed by atoms with Crippen molar-refractivity contribution >= 4 is 22.4 Å². The fraction of sp³-hybridized carbons (Fsp3) is 1.00. The van der Waals surface area contributed by atoms with Gasteiger partial charge in [0.05, 0.1) is 5.75 Å². The van der Waals surface area contributed by atoms with E-state index in [-0.39, 0.29) is 24.2 Å². The summed E-state index contributed by atoms with van der Waals surface area (Å²) >= 11 is 0. The molecule has 0 aromatic rings. The van der Waals surface area contributed by atoms with Crippen molar-refractivity contribution < 1.29 is 8.42 Å². The van der Waals surface area contributed by atoms with Crippen molar-refractivity contribution in [3.8, 4) is 0 Å². The zero-order valence-corrected chi connectivity index (χ0v) is 10.3. The Kier molecular flexibility index (Phi) is 5.36. The molecule has 2 unspecified atom stereocenters. The van der Waals surface area contributed by atoms with Crippen LogP contribution in [0.1, 0.15) is 20.3 Å². The molecular weight excluding hydrogens is 224 g/mol. The van der Waals surface area contributed by atoms with E-state index in [1.807, 2.05) is 6.92 Å². The van der Waals surface area contributed by atoms with Crippen LogP contribution in [-0.2, 0) is 10.0 Å². The highest BCUT2D eigenvalue weighted by Crippen LogP contribution is 2.21. The van der Waals surface area contributed by atoms with Gasteiger partial charge in [-0.3, -0.25) is 0 Å². The van der Waals surface area contributed by atoms with Gasteiger partial charge in [0.15, 0.2) is 0 Å². The molecule has 86 valence electrons. The molecule has 1 heterocycles. The second kappa shape index (κ2) is 5.30. The van der Waals surface area contributed by atoms with Gasteiger partial charge in [-0.2, -0.15) is 0 Å². The van der Waals surface area contributed by atoms with E-state index in [4.69, 9.17) is 5.73 Å². The molecule has 1 rings (SSSR count). The maximum atomic E-state index is 11.5. The summed E-state index contributed by atoms with van der Waals surface area (Å²) in [5.74, 6) is 0.528. The average molecular weight is 243 g/mol. The first-order chi connectivity index (χ1) is 5.97. The molecule has 1 fully saturated rings. The van der Waals surface area contributed by atoms with Crippen LogP contribution >= 0.6 is 12.4 Å². The Balaban J connectivity index is 0.00000169. The van der Waals surface area contributed by atoms with Crippen LogP contribution in [-0.4, -0.2) is 37.6 Å². The molecule has 6 heteroatoms. The van der Waals surface area contributed by atoms with E-state index in [2.05, 4.69) is 0 Å². The third-order valence-corrected chi connectivity index (χ3v) is 4.54. The number of halogens is 1. The first kappa shape index (κ1) is 14.2. The predicted molar refractivity (Wildman–Crippen MR) is 60.0 cm³/mol. The summed E-state index contributed by atoms with van der Waals surface area (Å²) in [6.07, 6.45) is 0.900. The molecule has 2 N–H and O–H groups in total. The van der Waals surface area contributed by atoms with Crippen LogP contribution < -0.4 is 5.73 Å². The Bertz CT molecular complexity index is 267. The van der Waals surface area contributed by atoms with E-state index in [0.29, 0.717) is 19.0 Å². The summed E-state index contributed by atoms with van der Waals surface area (Å²) in [5, 5.41) is 0. The second-order valence-electron chi connectivity index (χ2n) is 3.67. The molecule has 1 aliphatic rings. The molecule has 0 aromatic carbocycles. The average Bonchev–Trinajstić information content (AvgIpc) is 2.52. The molecule has 0 bridgehead atoms. The number of nitrogens with zero attached hydrogens (tertiary/aromatic N) is 1. The van der Waals surface area contributed by atoms with Crippen molar-refractivity contribution in [1.29, 1.82) is 0 Å².